The summed E-state index contributed by atoms with van der Waals surface area (Å²) >= 11 is 0. The van der Waals surface area contributed by atoms with Gasteiger partial charge >= 0.3 is 5.97 Å². The van der Waals surface area contributed by atoms with E-state index in [1.54, 1.807) is 18.2 Å². The molecule has 1 N–H and O–H groups in total. The highest BCUT2D eigenvalue weighted by Crippen LogP contribution is 2.22. The number of nitrogens with one attached hydrogen (secondary N) is 1. The van der Waals surface area contributed by atoms with Crippen LogP contribution in [0.25, 0.3) is 0 Å². The number of amides is 1. The van der Waals surface area contributed by atoms with E-state index in [9.17, 15) is 18.0 Å². The van der Waals surface area contributed by atoms with Crippen LogP contribution in [-0.2, 0) is 19.4 Å². The minimum Gasteiger partial charge on any atom is -0.465 e. The van der Waals surface area contributed by atoms with Gasteiger partial charge in [0.1, 0.15) is 0 Å². The lowest BCUT2D eigenvalue weighted by Crippen LogP contribution is -2.17. The first kappa shape index (κ1) is 15.5. The largest absolute Gasteiger partial charge is 0.465 e. The Bertz CT molecular complexity index is 653. The van der Waals surface area contributed by atoms with E-state index in [0.717, 1.165) is 0 Å². The first-order chi connectivity index (χ1) is 9.89. The van der Waals surface area contributed by atoms with Crippen LogP contribution in [0.4, 0.5) is 5.69 Å². The van der Waals surface area contributed by atoms with Gasteiger partial charge in [-0.05, 0) is 30.5 Å². The summed E-state index contributed by atoms with van der Waals surface area (Å²) in [5.41, 5.74) is 0.836. The molecule has 7 heteroatoms. The van der Waals surface area contributed by atoms with Crippen molar-refractivity contribution in [2.75, 3.05) is 23.9 Å². The quantitative estimate of drug-likeness (QED) is 0.845. The van der Waals surface area contributed by atoms with Crippen LogP contribution < -0.4 is 5.32 Å². The molecule has 1 aromatic rings. The molecule has 0 radical (unpaired) electrons. The van der Waals surface area contributed by atoms with E-state index >= 15 is 0 Å². The Morgan fingerprint density at radius 2 is 2.14 bits per heavy atom. The van der Waals surface area contributed by atoms with Crippen molar-refractivity contribution in [3.63, 3.8) is 0 Å². The Kier molecular flexibility index (Phi) is 4.62. The van der Waals surface area contributed by atoms with Crippen LogP contribution in [0, 0.1) is 5.92 Å². The van der Waals surface area contributed by atoms with E-state index in [0.29, 0.717) is 17.7 Å². The summed E-state index contributed by atoms with van der Waals surface area (Å²) in [5, 5.41) is 2.67. The van der Waals surface area contributed by atoms with Crippen LogP contribution in [-0.4, -0.2) is 38.9 Å². The molecular weight excluding hydrogens is 294 g/mol. The topological polar surface area (TPSA) is 89.5 Å². The summed E-state index contributed by atoms with van der Waals surface area (Å²) in [6.07, 6.45) is 0.694. The van der Waals surface area contributed by atoms with Crippen molar-refractivity contribution in [2.24, 2.45) is 5.92 Å². The number of esters is 1. The zero-order valence-electron chi connectivity index (χ0n) is 11.7. The summed E-state index contributed by atoms with van der Waals surface area (Å²) in [4.78, 5) is 23.3. The van der Waals surface area contributed by atoms with E-state index in [1.807, 2.05) is 0 Å². The fourth-order valence-corrected chi connectivity index (χ4v) is 4.21. The van der Waals surface area contributed by atoms with Crippen molar-refractivity contribution in [2.45, 2.75) is 12.8 Å². The molecule has 1 aromatic carbocycles. The monoisotopic (exact) mass is 311 g/mol. The molecule has 0 aromatic heterocycles. The van der Waals surface area contributed by atoms with Gasteiger partial charge in [0.2, 0.25) is 5.91 Å². The number of ether oxygens (including phenoxy) is 1. The zero-order valence-corrected chi connectivity index (χ0v) is 12.5. The molecule has 0 spiro atoms. The lowest BCUT2D eigenvalue weighted by atomic mass is 10.0. The molecule has 0 unspecified atom stereocenters. The van der Waals surface area contributed by atoms with E-state index in [-0.39, 0.29) is 29.8 Å². The van der Waals surface area contributed by atoms with E-state index < -0.39 is 15.8 Å². The minimum atomic E-state index is -2.98. The number of benzene rings is 1. The molecule has 1 saturated heterocycles. The Morgan fingerprint density at radius 3 is 2.76 bits per heavy atom. The second kappa shape index (κ2) is 6.26. The van der Waals surface area contributed by atoms with Crippen molar-refractivity contribution < 1.29 is 22.7 Å². The average Bonchev–Trinajstić information content (AvgIpc) is 2.77. The number of sulfone groups is 1. The van der Waals surface area contributed by atoms with Crippen LogP contribution in [0.3, 0.4) is 0 Å². The zero-order chi connectivity index (χ0) is 15.5. The van der Waals surface area contributed by atoms with Gasteiger partial charge in [-0.1, -0.05) is 6.07 Å². The lowest BCUT2D eigenvalue weighted by molar-refractivity contribution is -0.116. The lowest BCUT2D eigenvalue weighted by Gasteiger charge is -2.09. The molecule has 1 fully saturated rings. The molecule has 2 rings (SSSR count). The first-order valence-electron chi connectivity index (χ1n) is 6.58. The molecule has 1 aliphatic rings. The highest BCUT2D eigenvalue weighted by Gasteiger charge is 2.29. The number of anilines is 1. The number of carbonyl (C=O) groups excluding carboxylic acids is 2. The summed E-state index contributed by atoms with van der Waals surface area (Å²) in [6.45, 7) is 0. The molecule has 6 nitrogen and oxygen atoms in total. The number of carbonyl (C=O) groups is 2. The first-order valence-corrected chi connectivity index (χ1v) is 8.40. The third kappa shape index (κ3) is 4.29. The molecule has 21 heavy (non-hydrogen) atoms. The molecule has 1 amide bonds. The Labute approximate surface area is 123 Å². The van der Waals surface area contributed by atoms with Crippen molar-refractivity contribution in [3.8, 4) is 0 Å². The maximum absolute atomic E-state index is 11.9. The van der Waals surface area contributed by atoms with Gasteiger partial charge in [0, 0.05) is 12.1 Å². The van der Waals surface area contributed by atoms with Gasteiger partial charge in [-0.25, -0.2) is 13.2 Å². The third-order valence-corrected chi connectivity index (χ3v) is 5.21. The Morgan fingerprint density at radius 1 is 1.38 bits per heavy atom. The molecule has 1 heterocycles. The van der Waals surface area contributed by atoms with E-state index in [2.05, 4.69) is 10.1 Å². The standard InChI is InChI=1S/C14H17NO5S/c1-20-14(17)11-3-2-4-12(8-11)15-13(16)7-10-5-6-21(18,19)9-10/h2-4,8,10H,5-7,9H2,1H3,(H,15,16)/t10-/m1/s1. The van der Waals surface area contributed by atoms with Gasteiger partial charge in [0.05, 0.1) is 24.2 Å². The molecule has 0 bridgehead atoms. The van der Waals surface area contributed by atoms with Crippen LogP contribution in [0.5, 0.6) is 0 Å². The number of rotatable bonds is 4. The summed E-state index contributed by atoms with van der Waals surface area (Å²) in [7, 11) is -1.69. The fourth-order valence-electron chi connectivity index (χ4n) is 2.35. The number of hydrogen-bond donors (Lipinski definition) is 1. The summed E-state index contributed by atoms with van der Waals surface area (Å²) in [5.74, 6) is -0.628. The SMILES string of the molecule is COC(=O)c1cccc(NC(=O)C[C@H]2CCS(=O)(=O)C2)c1. The molecule has 0 aliphatic carbocycles. The van der Waals surface area contributed by atoms with Gasteiger partial charge in [-0.2, -0.15) is 0 Å². The van der Waals surface area contributed by atoms with Crippen molar-refractivity contribution in [1.82, 2.24) is 0 Å². The smallest absolute Gasteiger partial charge is 0.337 e. The van der Waals surface area contributed by atoms with Crippen LogP contribution in [0.15, 0.2) is 24.3 Å². The van der Waals surface area contributed by atoms with Crippen LogP contribution >= 0.6 is 0 Å². The van der Waals surface area contributed by atoms with Gasteiger partial charge in [-0.15, -0.1) is 0 Å². The maximum atomic E-state index is 11.9. The normalized spacial score (nSPS) is 20.0. The molecule has 0 saturated carbocycles. The molecule has 1 aliphatic heterocycles. The minimum absolute atomic E-state index is 0.0720. The maximum Gasteiger partial charge on any atom is 0.337 e. The Hall–Kier alpha value is -1.89. The summed E-state index contributed by atoms with van der Waals surface area (Å²) < 4.78 is 27.3. The number of methoxy groups -OCH3 is 1. The fraction of sp³-hybridized carbons (Fsp3) is 0.429. The Balaban J connectivity index is 1.95. The van der Waals surface area contributed by atoms with Gasteiger partial charge in [0.25, 0.3) is 0 Å². The third-order valence-electron chi connectivity index (χ3n) is 3.37. The highest BCUT2D eigenvalue weighted by molar-refractivity contribution is 7.91. The predicted octanol–water partition coefficient (Wildman–Crippen LogP) is 1.24. The van der Waals surface area contributed by atoms with Crippen molar-refractivity contribution in [3.05, 3.63) is 29.8 Å². The van der Waals surface area contributed by atoms with Crippen molar-refractivity contribution in [1.29, 1.82) is 0 Å². The number of hydrogen-bond acceptors (Lipinski definition) is 5. The summed E-state index contributed by atoms with van der Waals surface area (Å²) in [6, 6.07) is 6.41. The van der Waals surface area contributed by atoms with Crippen LogP contribution in [0.2, 0.25) is 0 Å². The molecule has 114 valence electrons. The van der Waals surface area contributed by atoms with Gasteiger partial charge in [-0.3, -0.25) is 4.79 Å². The average molecular weight is 311 g/mol. The van der Waals surface area contributed by atoms with Gasteiger partial charge in [0.15, 0.2) is 9.84 Å². The molecular formula is C14H17NO5S. The van der Waals surface area contributed by atoms with Crippen LogP contribution in [0.1, 0.15) is 23.2 Å². The molecule has 1 atom stereocenters. The van der Waals surface area contributed by atoms with E-state index in [1.165, 1.54) is 13.2 Å². The second-order valence-corrected chi connectivity index (χ2v) is 7.32. The predicted molar refractivity (Wildman–Crippen MR) is 77.8 cm³/mol. The van der Waals surface area contributed by atoms with Gasteiger partial charge < -0.3 is 10.1 Å². The van der Waals surface area contributed by atoms with E-state index in [4.69, 9.17) is 0 Å². The van der Waals surface area contributed by atoms with Crippen molar-refractivity contribution >= 4 is 27.4 Å². The second-order valence-electron chi connectivity index (χ2n) is 5.09. The highest BCUT2D eigenvalue weighted by atomic mass is 32.2.